The van der Waals surface area contributed by atoms with Crippen molar-refractivity contribution in [3.8, 4) is 0 Å². The van der Waals surface area contributed by atoms with E-state index in [2.05, 4.69) is 15.3 Å². The summed E-state index contributed by atoms with van der Waals surface area (Å²) in [6.07, 6.45) is 3.41. The monoisotopic (exact) mass is 310 g/mol. The number of hydrogen-bond acceptors (Lipinski definition) is 5. The second-order valence-corrected chi connectivity index (χ2v) is 6.36. The number of likely N-dealkylation sites (tertiary alicyclic amines) is 1. The van der Waals surface area contributed by atoms with Crippen molar-refractivity contribution in [3.63, 3.8) is 0 Å². The number of nitrogens with one attached hydrogen (secondary N) is 1. The number of benzene rings is 1. The van der Waals surface area contributed by atoms with Gasteiger partial charge in [0.25, 0.3) is 5.91 Å². The van der Waals surface area contributed by atoms with Crippen molar-refractivity contribution >= 4 is 33.3 Å². The van der Waals surface area contributed by atoms with Gasteiger partial charge >= 0.3 is 0 Å². The van der Waals surface area contributed by atoms with E-state index in [1.165, 1.54) is 0 Å². The molecule has 22 heavy (non-hydrogen) atoms. The Kier molecular flexibility index (Phi) is 3.23. The maximum atomic E-state index is 12.5. The number of anilines is 1. The van der Waals surface area contributed by atoms with Gasteiger partial charge in [0.1, 0.15) is 0 Å². The van der Waals surface area contributed by atoms with Gasteiger partial charge in [-0.3, -0.25) is 4.79 Å². The van der Waals surface area contributed by atoms with E-state index in [1.54, 1.807) is 29.8 Å². The fourth-order valence-corrected chi connectivity index (χ4v) is 3.57. The van der Waals surface area contributed by atoms with E-state index in [-0.39, 0.29) is 11.9 Å². The third kappa shape index (κ3) is 2.42. The molecule has 0 aliphatic carbocycles. The summed E-state index contributed by atoms with van der Waals surface area (Å²) in [5.74, 6) is 0.717. The average molecular weight is 310 g/mol. The van der Waals surface area contributed by atoms with Gasteiger partial charge in [-0.05, 0) is 23.6 Å². The fraction of sp³-hybridized carbons (Fsp3) is 0.188. The Morgan fingerprint density at radius 1 is 1.18 bits per heavy atom. The summed E-state index contributed by atoms with van der Waals surface area (Å²) >= 11 is 1.55. The maximum Gasteiger partial charge on any atom is 0.264 e. The highest BCUT2D eigenvalue weighted by Gasteiger charge is 2.32. The minimum absolute atomic E-state index is 0.105. The van der Waals surface area contributed by atoms with Gasteiger partial charge in [-0.1, -0.05) is 18.2 Å². The molecule has 1 fully saturated rings. The smallest absolute Gasteiger partial charge is 0.264 e. The first-order chi connectivity index (χ1) is 10.8. The topological polar surface area (TPSA) is 58.1 Å². The summed E-state index contributed by atoms with van der Waals surface area (Å²) in [6, 6.07) is 12.1. The number of thiophene rings is 1. The molecule has 1 aliphatic heterocycles. The van der Waals surface area contributed by atoms with Gasteiger partial charge in [-0.2, -0.15) is 0 Å². The molecule has 1 saturated heterocycles. The predicted octanol–water partition coefficient (Wildman–Crippen LogP) is 2.63. The van der Waals surface area contributed by atoms with Crippen LogP contribution in [0, 0.1) is 0 Å². The van der Waals surface area contributed by atoms with Crippen molar-refractivity contribution in [2.75, 3.05) is 18.4 Å². The minimum atomic E-state index is 0.105. The van der Waals surface area contributed by atoms with Crippen LogP contribution in [0.25, 0.3) is 10.1 Å². The lowest BCUT2D eigenvalue weighted by atomic mass is 10.1. The molecule has 0 bridgehead atoms. The van der Waals surface area contributed by atoms with Crippen molar-refractivity contribution < 1.29 is 4.79 Å². The van der Waals surface area contributed by atoms with Gasteiger partial charge in [0.15, 0.2) is 0 Å². The van der Waals surface area contributed by atoms with Gasteiger partial charge in [0, 0.05) is 30.2 Å². The largest absolute Gasteiger partial charge is 0.348 e. The Morgan fingerprint density at radius 2 is 1.95 bits per heavy atom. The zero-order valence-electron chi connectivity index (χ0n) is 11.8. The zero-order valence-corrected chi connectivity index (χ0v) is 12.6. The second-order valence-electron chi connectivity index (χ2n) is 5.27. The first-order valence-electron chi connectivity index (χ1n) is 7.11. The number of rotatable bonds is 3. The molecule has 1 aromatic carbocycles. The molecule has 1 aliphatic rings. The Bertz CT molecular complexity index is 778. The summed E-state index contributed by atoms with van der Waals surface area (Å²) in [7, 11) is 0. The third-order valence-electron chi connectivity index (χ3n) is 3.70. The summed E-state index contributed by atoms with van der Waals surface area (Å²) in [6.45, 7) is 1.37. The Balaban J connectivity index is 1.41. The fourth-order valence-electron chi connectivity index (χ4n) is 2.54. The maximum absolute atomic E-state index is 12.5. The predicted molar refractivity (Wildman–Crippen MR) is 87.2 cm³/mol. The molecule has 0 atom stereocenters. The molecule has 3 aromatic rings. The van der Waals surface area contributed by atoms with Gasteiger partial charge < -0.3 is 10.2 Å². The molecule has 6 heteroatoms. The van der Waals surface area contributed by atoms with Crippen LogP contribution in [-0.2, 0) is 0 Å². The second kappa shape index (κ2) is 5.38. The van der Waals surface area contributed by atoms with Crippen molar-refractivity contribution in [3.05, 3.63) is 53.7 Å². The van der Waals surface area contributed by atoms with E-state index >= 15 is 0 Å². The Hall–Kier alpha value is -2.47. The lowest BCUT2D eigenvalue weighted by Gasteiger charge is -2.39. The molecule has 110 valence electrons. The summed E-state index contributed by atoms with van der Waals surface area (Å²) in [4.78, 5) is 23.4. The summed E-state index contributed by atoms with van der Waals surface area (Å²) in [5.41, 5.74) is 0. The highest BCUT2D eigenvalue weighted by atomic mass is 32.1. The summed E-state index contributed by atoms with van der Waals surface area (Å²) < 4.78 is 1.15. The Morgan fingerprint density at radius 3 is 2.73 bits per heavy atom. The molecule has 0 spiro atoms. The van der Waals surface area contributed by atoms with E-state index in [1.807, 2.05) is 35.2 Å². The summed E-state index contributed by atoms with van der Waals surface area (Å²) in [5, 5.41) is 4.36. The molecule has 0 radical (unpaired) electrons. The van der Waals surface area contributed by atoms with E-state index in [9.17, 15) is 4.79 Å². The molecule has 4 rings (SSSR count). The molecule has 0 saturated carbocycles. The normalized spacial score (nSPS) is 14.8. The highest BCUT2D eigenvalue weighted by Crippen LogP contribution is 2.27. The first kappa shape index (κ1) is 13.2. The number of amides is 1. The molecule has 0 unspecified atom stereocenters. The van der Waals surface area contributed by atoms with Crippen LogP contribution in [0.3, 0.4) is 0 Å². The van der Waals surface area contributed by atoms with Crippen LogP contribution in [0.5, 0.6) is 0 Å². The number of aromatic nitrogens is 2. The van der Waals surface area contributed by atoms with E-state index < -0.39 is 0 Å². The van der Waals surface area contributed by atoms with E-state index in [4.69, 9.17) is 0 Å². The van der Waals surface area contributed by atoms with Gasteiger partial charge in [0.05, 0.1) is 10.9 Å². The molecular formula is C16H14N4OS. The first-order valence-corrected chi connectivity index (χ1v) is 7.93. The highest BCUT2D eigenvalue weighted by molar-refractivity contribution is 7.20. The van der Waals surface area contributed by atoms with Gasteiger partial charge in [0.2, 0.25) is 5.95 Å². The van der Waals surface area contributed by atoms with Crippen molar-refractivity contribution in [2.24, 2.45) is 0 Å². The number of hydrogen-bond donors (Lipinski definition) is 1. The van der Waals surface area contributed by atoms with Crippen LogP contribution in [0.15, 0.2) is 48.8 Å². The zero-order chi connectivity index (χ0) is 14.9. The number of carbonyl (C=O) groups excluding carboxylic acids is 1. The SMILES string of the molecule is O=C(c1cc2ccccc2s1)N1CC(Nc2ncccn2)C1. The van der Waals surface area contributed by atoms with Crippen molar-refractivity contribution in [1.29, 1.82) is 0 Å². The Labute approximate surface area is 131 Å². The molecule has 1 N–H and O–H groups in total. The quantitative estimate of drug-likeness (QED) is 0.808. The van der Waals surface area contributed by atoms with Crippen LogP contribution in [0.1, 0.15) is 9.67 Å². The molecular weight excluding hydrogens is 296 g/mol. The molecule has 2 aromatic heterocycles. The lowest BCUT2D eigenvalue weighted by molar-refractivity contribution is 0.0630. The van der Waals surface area contributed by atoms with Gasteiger partial charge in [-0.15, -0.1) is 11.3 Å². The van der Waals surface area contributed by atoms with Crippen LogP contribution < -0.4 is 5.32 Å². The van der Waals surface area contributed by atoms with Crippen LogP contribution in [0.4, 0.5) is 5.95 Å². The average Bonchev–Trinajstić information content (AvgIpc) is 2.95. The van der Waals surface area contributed by atoms with Crippen LogP contribution in [0.2, 0.25) is 0 Å². The minimum Gasteiger partial charge on any atom is -0.348 e. The lowest BCUT2D eigenvalue weighted by Crippen LogP contribution is -2.57. The van der Waals surface area contributed by atoms with Crippen LogP contribution in [-0.4, -0.2) is 39.9 Å². The standard InChI is InChI=1S/C16H14N4OS/c21-15(14-8-11-4-1-2-5-13(11)22-14)20-9-12(10-20)19-16-17-6-3-7-18-16/h1-8,12H,9-10H2,(H,17,18,19). The van der Waals surface area contributed by atoms with E-state index in [0.29, 0.717) is 19.0 Å². The van der Waals surface area contributed by atoms with Crippen LogP contribution >= 0.6 is 11.3 Å². The third-order valence-corrected chi connectivity index (χ3v) is 4.81. The molecule has 1 amide bonds. The number of carbonyl (C=O) groups is 1. The van der Waals surface area contributed by atoms with Crippen molar-refractivity contribution in [2.45, 2.75) is 6.04 Å². The number of nitrogens with zero attached hydrogens (tertiary/aromatic N) is 3. The molecule has 3 heterocycles. The van der Waals surface area contributed by atoms with E-state index in [0.717, 1.165) is 15.0 Å². The number of fused-ring (bicyclic) bond motifs is 1. The van der Waals surface area contributed by atoms with Gasteiger partial charge in [-0.25, -0.2) is 9.97 Å². The molecule has 5 nitrogen and oxygen atoms in total. The van der Waals surface area contributed by atoms with Crippen molar-refractivity contribution in [1.82, 2.24) is 14.9 Å².